The predicted octanol–water partition coefficient (Wildman–Crippen LogP) is 4.76. The first-order valence-corrected chi connectivity index (χ1v) is 7.25. The molecule has 0 radical (unpaired) electrons. The van der Waals surface area contributed by atoms with Gasteiger partial charge in [0, 0.05) is 29.1 Å². The number of nitro groups is 1. The molecule has 0 atom stereocenters. The van der Waals surface area contributed by atoms with Crippen LogP contribution in [0.2, 0.25) is 5.02 Å². The number of nitrogens with one attached hydrogen (secondary N) is 1. The lowest BCUT2D eigenvalue weighted by Crippen LogP contribution is -2.02. The summed E-state index contributed by atoms with van der Waals surface area (Å²) >= 11 is 5.77. The Morgan fingerprint density at radius 2 is 1.87 bits per heavy atom. The topological polar surface area (TPSA) is 72.2 Å². The molecular formula is C17H15ClN2O3. The van der Waals surface area contributed by atoms with E-state index in [0.717, 1.165) is 5.56 Å². The molecule has 0 unspecified atom stereocenters. The summed E-state index contributed by atoms with van der Waals surface area (Å²) in [6.07, 6.45) is 1.45. The zero-order chi connectivity index (χ0) is 17.0. The number of anilines is 1. The highest BCUT2D eigenvalue weighted by atomic mass is 35.5. The van der Waals surface area contributed by atoms with Crippen LogP contribution in [0.3, 0.4) is 0 Å². The van der Waals surface area contributed by atoms with E-state index < -0.39 is 4.92 Å². The van der Waals surface area contributed by atoms with Crippen LogP contribution in [0, 0.1) is 17.0 Å². The number of hydrogen-bond donors (Lipinski definition) is 1. The molecule has 0 aliphatic heterocycles. The number of rotatable bonds is 5. The fraction of sp³-hybridized carbons (Fsp3) is 0.118. The second kappa shape index (κ2) is 7.07. The molecule has 2 aromatic rings. The van der Waals surface area contributed by atoms with Crippen molar-refractivity contribution in [2.45, 2.75) is 13.8 Å². The van der Waals surface area contributed by atoms with Crippen molar-refractivity contribution in [1.29, 1.82) is 0 Å². The van der Waals surface area contributed by atoms with E-state index in [1.165, 1.54) is 18.2 Å². The minimum absolute atomic E-state index is 0.0675. The van der Waals surface area contributed by atoms with Crippen molar-refractivity contribution in [2.24, 2.45) is 0 Å². The monoisotopic (exact) mass is 330 g/mol. The molecule has 0 fully saturated rings. The first kappa shape index (κ1) is 16.7. The molecular weight excluding hydrogens is 316 g/mol. The lowest BCUT2D eigenvalue weighted by Gasteiger charge is -2.07. The Balaban J connectivity index is 2.16. The van der Waals surface area contributed by atoms with E-state index in [0.29, 0.717) is 16.9 Å². The average Bonchev–Trinajstić information content (AvgIpc) is 2.49. The van der Waals surface area contributed by atoms with Gasteiger partial charge in [-0.3, -0.25) is 14.9 Å². The van der Waals surface area contributed by atoms with Crippen molar-refractivity contribution in [3.63, 3.8) is 0 Å². The summed E-state index contributed by atoms with van der Waals surface area (Å²) in [6, 6.07) is 11.6. The zero-order valence-electron chi connectivity index (χ0n) is 12.7. The number of hydrogen-bond acceptors (Lipinski definition) is 4. The molecule has 0 aliphatic carbocycles. The second-order valence-electron chi connectivity index (χ2n) is 5.11. The highest BCUT2D eigenvalue weighted by molar-refractivity contribution is 6.32. The first-order valence-electron chi connectivity index (χ1n) is 6.87. The molecule has 2 aromatic carbocycles. The van der Waals surface area contributed by atoms with Crippen LogP contribution in [0.5, 0.6) is 0 Å². The Kier molecular flexibility index (Phi) is 5.13. The standard InChI is InChI=1S/C17H15ClN2O3/c1-11-3-5-13(6-4-11)17(21)9-12(2)19-14-7-8-15(18)16(10-14)20(22)23/h3-10,19H,1-2H3. The normalized spacial score (nSPS) is 11.2. The third kappa shape index (κ3) is 4.40. The Morgan fingerprint density at radius 3 is 2.48 bits per heavy atom. The minimum atomic E-state index is -0.552. The summed E-state index contributed by atoms with van der Waals surface area (Å²) in [5.74, 6) is -0.140. The summed E-state index contributed by atoms with van der Waals surface area (Å²) in [7, 11) is 0. The third-order valence-corrected chi connectivity index (χ3v) is 3.49. The smallest absolute Gasteiger partial charge is 0.289 e. The molecule has 0 bridgehead atoms. The Labute approximate surface area is 138 Å². The van der Waals surface area contributed by atoms with Crippen molar-refractivity contribution in [2.75, 3.05) is 5.32 Å². The van der Waals surface area contributed by atoms with E-state index in [1.54, 1.807) is 25.1 Å². The summed E-state index contributed by atoms with van der Waals surface area (Å²) in [6.45, 7) is 3.66. The van der Waals surface area contributed by atoms with Crippen molar-refractivity contribution in [1.82, 2.24) is 0 Å². The van der Waals surface area contributed by atoms with E-state index in [9.17, 15) is 14.9 Å². The van der Waals surface area contributed by atoms with E-state index in [-0.39, 0.29) is 16.5 Å². The third-order valence-electron chi connectivity index (χ3n) is 3.17. The SMILES string of the molecule is CC(=CC(=O)c1ccc(C)cc1)Nc1ccc(Cl)c([N+](=O)[O-])c1. The van der Waals surface area contributed by atoms with E-state index in [4.69, 9.17) is 11.6 Å². The molecule has 118 valence electrons. The number of halogens is 1. The molecule has 0 aromatic heterocycles. The molecule has 0 heterocycles. The van der Waals surface area contributed by atoms with Crippen LogP contribution in [0.25, 0.3) is 0 Å². The molecule has 1 N–H and O–H groups in total. The van der Waals surface area contributed by atoms with Gasteiger partial charge in [0.1, 0.15) is 5.02 Å². The first-order chi connectivity index (χ1) is 10.9. The van der Waals surface area contributed by atoms with Crippen molar-refractivity contribution >= 4 is 28.8 Å². The van der Waals surface area contributed by atoms with Gasteiger partial charge in [-0.05, 0) is 26.0 Å². The lowest BCUT2D eigenvalue weighted by atomic mass is 10.1. The average molecular weight is 331 g/mol. The van der Waals surface area contributed by atoms with Crippen molar-refractivity contribution in [3.05, 3.63) is 80.5 Å². The van der Waals surface area contributed by atoms with Crippen LogP contribution in [-0.4, -0.2) is 10.7 Å². The summed E-state index contributed by atoms with van der Waals surface area (Å²) in [5.41, 5.74) is 2.54. The number of benzene rings is 2. The van der Waals surface area contributed by atoms with E-state index in [2.05, 4.69) is 5.32 Å². The van der Waals surface area contributed by atoms with Gasteiger partial charge in [-0.1, -0.05) is 41.4 Å². The largest absolute Gasteiger partial charge is 0.359 e. The maximum atomic E-state index is 12.1. The molecule has 5 nitrogen and oxygen atoms in total. The second-order valence-corrected chi connectivity index (χ2v) is 5.51. The quantitative estimate of drug-likeness (QED) is 0.371. The molecule has 6 heteroatoms. The van der Waals surface area contributed by atoms with Crippen molar-refractivity contribution in [3.8, 4) is 0 Å². The molecule has 23 heavy (non-hydrogen) atoms. The number of nitro benzene ring substituents is 1. The molecule has 2 rings (SSSR count). The maximum Gasteiger partial charge on any atom is 0.289 e. The summed E-state index contributed by atoms with van der Waals surface area (Å²) in [5, 5.41) is 13.9. The molecule has 0 saturated heterocycles. The molecule has 0 spiro atoms. The fourth-order valence-electron chi connectivity index (χ4n) is 1.99. The van der Waals surface area contributed by atoms with E-state index in [1.807, 2.05) is 19.1 Å². The van der Waals surface area contributed by atoms with Gasteiger partial charge in [-0.25, -0.2) is 0 Å². The number of nitrogens with zero attached hydrogens (tertiary/aromatic N) is 1. The zero-order valence-corrected chi connectivity index (χ0v) is 13.4. The van der Waals surface area contributed by atoms with Crippen LogP contribution in [0.4, 0.5) is 11.4 Å². The number of carbonyl (C=O) groups excluding carboxylic acids is 1. The Morgan fingerprint density at radius 1 is 1.22 bits per heavy atom. The van der Waals surface area contributed by atoms with Crippen LogP contribution < -0.4 is 5.32 Å². The molecule has 0 aliphatic rings. The van der Waals surface area contributed by atoms with E-state index >= 15 is 0 Å². The van der Waals surface area contributed by atoms with Gasteiger partial charge in [0.15, 0.2) is 5.78 Å². The Bertz CT molecular complexity index is 783. The van der Waals surface area contributed by atoms with Crippen LogP contribution in [-0.2, 0) is 0 Å². The van der Waals surface area contributed by atoms with Gasteiger partial charge in [0.05, 0.1) is 4.92 Å². The highest BCUT2D eigenvalue weighted by Crippen LogP contribution is 2.27. The van der Waals surface area contributed by atoms with Gasteiger partial charge >= 0.3 is 0 Å². The molecule has 0 saturated carbocycles. The van der Waals surface area contributed by atoms with Crippen LogP contribution in [0.1, 0.15) is 22.8 Å². The summed E-state index contributed by atoms with van der Waals surface area (Å²) < 4.78 is 0. The summed E-state index contributed by atoms with van der Waals surface area (Å²) in [4.78, 5) is 22.5. The van der Waals surface area contributed by atoms with Gasteiger partial charge in [0.2, 0.25) is 0 Å². The fourth-order valence-corrected chi connectivity index (χ4v) is 2.18. The number of ketones is 1. The molecule has 0 amide bonds. The lowest BCUT2D eigenvalue weighted by molar-refractivity contribution is -0.384. The van der Waals surface area contributed by atoms with Crippen molar-refractivity contribution < 1.29 is 9.72 Å². The van der Waals surface area contributed by atoms with Gasteiger partial charge in [0.25, 0.3) is 5.69 Å². The van der Waals surface area contributed by atoms with Gasteiger partial charge in [-0.2, -0.15) is 0 Å². The predicted molar refractivity (Wildman–Crippen MR) is 91.0 cm³/mol. The van der Waals surface area contributed by atoms with Crippen LogP contribution in [0.15, 0.2) is 54.2 Å². The highest BCUT2D eigenvalue weighted by Gasteiger charge is 2.13. The Hall–Kier alpha value is -2.66. The minimum Gasteiger partial charge on any atom is -0.359 e. The number of allylic oxidation sites excluding steroid dienone is 2. The number of aryl methyl sites for hydroxylation is 1. The van der Waals surface area contributed by atoms with Gasteiger partial charge in [-0.15, -0.1) is 0 Å². The van der Waals surface area contributed by atoms with Gasteiger partial charge < -0.3 is 5.32 Å². The van der Waals surface area contributed by atoms with Crippen LogP contribution >= 0.6 is 11.6 Å². The maximum absolute atomic E-state index is 12.1. The number of carbonyl (C=O) groups is 1.